The van der Waals surface area contributed by atoms with Gasteiger partial charge < -0.3 is 4.74 Å². The molecule has 0 aromatic rings. The largest absolute Gasteiger partial charge is 0.468 e. The number of nitrogens with one attached hydrogen (secondary N) is 1. The van der Waals surface area contributed by atoms with Crippen LogP contribution in [0.4, 0.5) is 0 Å². The summed E-state index contributed by atoms with van der Waals surface area (Å²) < 4.78 is 34.4. The van der Waals surface area contributed by atoms with Crippen LogP contribution in [0.1, 0.15) is 19.3 Å². The predicted molar refractivity (Wildman–Crippen MR) is 58.3 cm³/mol. The molecule has 0 aromatic carbocycles. The molecule has 1 aliphatic heterocycles. The van der Waals surface area contributed by atoms with Crippen molar-refractivity contribution in [3.63, 3.8) is 0 Å². The molecule has 2 N–H and O–H groups in total. The van der Waals surface area contributed by atoms with E-state index < -0.39 is 22.3 Å². The summed E-state index contributed by atoms with van der Waals surface area (Å²) in [6, 6.07) is -0.661. The molecule has 1 heterocycles. The van der Waals surface area contributed by atoms with Gasteiger partial charge in [-0.1, -0.05) is 0 Å². The molecule has 7 nitrogen and oxygen atoms in total. The van der Waals surface area contributed by atoms with Crippen molar-refractivity contribution in [2.24, 2.45) is 0 Å². The van der Waals surface area contributed by atoms with Gasteiger partial charge in [0.15, 0.2) is 0 Å². The van der Waals surface area contributed by atoms with Gasteiger partial charge in [0.25, 0.3) is 0 Å². The van der Waals surface area contributed by atoms with Crippen molar-refractivity contribution >= 4 is 28.7 Å². The quantitative estimate of drug-likeness (QED) is 0.544. The van der Waals surface area contributed by atoms with Crippen molar-refractivity contribution in [2.45, 2.75) is 25.3 Å². The zero-order chi connectivity index (χ0) is 11.5. The van der Waals surface area contributed by atoms with Crippen molar-refractivity contribution in [3.05, 3.63) is 0 Å². The number of carbonyl (C=O) groups excluding carboxylic acids is 1. The van der Waals surface area contributed by atoms with Crippen molar-refractivity contribution in [3.8, 4) is 0 Å². The van der Waals surface area contributed by atoms with E-state index in [1.807, 2.05) is 4.83 Å². The van der Waals surface area contributed by atoms with Crippen LogP contribution in [-0.2, 0) is 19.8 Å². The first-order valence-electron chi connectivity index (χ1n) is 4.53. The smallest absolute Gasteiger partial charge is 0.346 e. The van der Waals surface area contributed by atoms with Crippen LogP contribution in [0, 0.1) is 0 Å². The van der Waals surface area contributed by atoms with Crippen LogP contribution in [0.25, 0.3) is 0 Å². The van der Waals surface area contributed by atoms with E-state index in [-0.39, 0.29) is 12.4 Å². The number of methoxy groups -OCH3 is 1. The van der Waals surface area contributed by atoms with Gasteiger partial charge in [0, 0.05) is 6.54 Å². The molecule has 1 saturated heterocycles. The first-order valence-corrected chi connectivity index (χ1v) is 5.97. The lowest BCUT2D eigenvalue weighted by atomic mass is 10.0. The van der Waals surface area contributed by atoms with Crippen molar-refractivity contribution in [1.82, 2.24) is 9.84 Å². The maximum absolute atomic E-state index is 11.3. The number of rotatable bonds is 3. The van der Waals surface area contributed by atoms with Gasteiger partial charge in [0.2, 0.25) is 0 Å². The van der Waals surface area contributed by atoms with E-state index in [1.54, 1.807) is 0 Å². The Morgan fingerprint density at radius 2 is 2.12 bits per heavy atom. The van der Waals surface area contributed by atoms with Gasteiger partial charge in [-0.3, -0.25) is 9.35 Å². The van der Waals surface area contributed by atoms with E-state index in [0.29, 0.717) is 13.0 Å². The number of ether oxygens (including phenoxy) is 1. The molecule has 0 aromatic heterocycles. The Labute approximate surface area is 100 Å². The van der Waals surface area contributed by atoms with Gasteiger partial charge in [0.1, 0.15) is 6.04 Å². The summed E-state index contributed by atoms with van der Waals surface area (Å²) in [7, 11) is -3.09. The molecule has 0 aliphatic carbocycles. The average molecular weight is 275 g/mol. The summed E-state index contributed by atoms with van der Waals surface area (Å²) in [4.78, 5) is 13.2. The molecule has 0 unspecified atom stereocenters. The van der Waals surface area contributed by atoms with E-state index >= 15 is 0 Å². The molecular formula is C7H15ClN2O5S. The van der Waals surface area contributed by atoms with Crippen LogP contribution >= 0.6 is 12.4 Å². The molecule has 0 amide bonds. The lowest BCUT2D eigenvalue weighted by molar-refractivity contribution is -0.149. The highest BCUT2D eigenvalue weighted by atomic mass is 35.5. The van der Waals surface area contributed by atoms with Crippen molar-refractivity contribution in [1.29, 1.82) is 0 Å². The molecule has 0 saturated carbocycles. The molecular weight excluding hydrogens is 260 g/mol. The van der Waals surface area contributed by atoms with Gasteiger partial charge in [-0.2, -0.15) is 8.42 Å². The highest BCUT2D eigenvalue weighted by molar-refractivity contribution is 7.83. The number of halogens is 1. The summed E-state index contributed by atoms with van der Waals surface area (Å²) in [5.74, 6) is -0.508. The minimum atomic E-state index is -4.33. The van der Waals surface area contributed by atoms with Gasteiger partial charge in [-0.05, 0) is 19.3 Å². The lowest BCUT2D eigenvalue weighted by Gasteiger charge is -2.32. The van der Waals surface area contributed by atoms with Crippen molar-refractivity contribution < 1.29 is 22.5 Å². The molecule has 0 spiro atoms. The second-order valence-corrected chi connectivity index (χ2v) is 4.43. The number of hydrazine groups is 1. The van der Waals surface area contributed by atoms with Gasteiger partial charge in [0.05, 0.1) is 7.11 Å². The minimum Gasteiger partial charge on any atom is -0.468 e. The molecule has 16 heavy (non-hydrogen) atoms. The molecule has 0 bridgehead atoms. The Balaban J connectivity index is 0.00000225. The molecule has 1 fully saturated rings. The minimum absolute atomic E-state index is 0. The Bertz CT molecular complexity index is 334. The predicted octanol–water partition coefficient (Wildman–Crippen LogP) is -0.257. The Kier molecular flexibility index (Phi) is 6.19. The maximum Gasteiger partial charge on any atom is 0.346 e. The number of hydrogen-bond donors (Lipinski definition) is 2. The molecule has 1 aliphatic rings. The third-order valence-corrected chi connectivity index (χ3v) is 2.67. The van der Waals surface area contributed by atoms with E-state index in [1.165, 1.54) is 12.1 Å². The average Bonchev–Trinajstić information content (AvgIpc) is 2.15. The first-order chi connectivity index (χ1) is 6.94. The van der Waals surface area contributed by atoms with Crippen LogP contribution in [0.2, 0.25) is 0 Å². The normalized spacial score (nSPS) is 22.2. The monoisotopic (exact) mass is 274 g/mol. The topological polar surface area (TPSA) is 95.9 Å². The fraction of sp³-hybridized carbons (Fsp3) is 0.857. The van der Waals surface area contributed by atoms with Crippen LogP contribution in [0.15, 0.2) is 0 Å². The molecule has 9 heteroatoms. The second kappa shape index (κ2) is 6.36. The number of esters is 1. The lowest BCUT2D eigenvalue weighted by Crippen LogP contribution is -2.54. The zero-order valence-electron chi connectivity index (χ0n) is 8.75. The SMILES string of the molecule is COC(=O)[C@H]1CCCCN1NS(=O)(=O)O.Cl. The summed E-state index contributed by atoms with van der Waals surface area (Å²) in [5.41, 5.74) is 0. The number of nitrogens with zero attached hydrogens (tertiary/aromatic N) is 1. The third-order valence-electron chi connectivity index (χ3n) is 2.21. The van der Waals surface area contributed by atoms with E-state index in [4.69, 9.17) is 4.55 Å². The molecule has 1 atom stereocenters. The highest BCUT2D eigenvalue weighted by Crippen LogP contribution is 2.16. The van der Waals surface area contributed by atoms with Crippen molar-refractivity contribution in [2.75, 3.05) is 13.7 Å². The van der Waals surface area contributed by atoms with Gasteiger partial charge in [-0.15, -0.1) is 17.2 Å². The number of carbonyl (C=O) groups is 1. The molecule has 0 radical (unpaired) electrons. The number of piperidine rings is 1. The van der Waals surface area contributed by atoms with Gasteiger partial charge >= 0.3 is 16.3 Å². The number of hydrogen-bond acceptors (Lipinski definition) is 5. The first kappa shape index (κ1) is 15.6. The summed E-state index contributed by atoms with van der Waals surface area (Å²) in [6.07, 6.45) is 2.09. The third kappa shape index (κ3) is 4.62. The standard InChI is InChI=1S/C7H14N2O5S.ClH/c1-14-7(10)6-4-2-3-5-9(6)8-15(11,12)13;/h6,8H,2-5H2,1H3,(H,11,12,13);1H/t6-;/m1./s1. The summed E-state index contributed by atoms with van der Waals surface area (Å²) in [6.45, 7) is 0.375. The Morgan fingerprint density at radius 3 is 2.62 bits per heavy atom. The van der Waals surface area contributed by atoms with E-state index in [0.717, 1.165) is 12.8 Å². The van der Waals surface area contributed by atoms with Crippen LogP contribution in [0.5, 0.6) is 0 Å². The Morgan fingerprint density at radius 1 is 1.50 bits per heavy atom. The van der Waals surface area contributed by atoms with Crippen LogP contribution in [-0.4, -0.2) is 43.6 Å². The zero-order valence-corrected chi connectivity index (χ0v) is 10.4. The van der Waals surface area contributed by atoms with Crippen LogP contribution in [0.3, 0.4) is 0 Å². The fourth-order valence-corrected chi connectivity index (χ4v) is 2.08. The maximum atomic E-state index is 11.3. The summed E-state index contributed by atoms with van der Waals surface area (Å²) >= 11 is 0. The second-order valence-electron chi connectivity index (χ2n) is 3.29. The van der Waals surface area contributed by atoms with E-state index in [2.05, 4.69) is 4.74 Å². The van der Waals surface area contributed by atoms with E-state index in [9.17, 15) is 13.2 Å². The summed E-state index contributed by atoms with van der Waals surface area (Å²) in [5, 5.41) is 1.19. The van der Waals surface area contributed by atoms with Gasteiger partial charge in [-0.25, -0.2) is 5.01 Å². The highest BCUT2D eigenvalue weighted by Gasteiger charge is 2.31. The Hall–Kier alpha value is -0.410. The van der Waals surface area contributed by atoms with Crippen LogP contribution < -0.4 is 4.83 Å². The molecule has 96 valence electrons. The fourth-order valence-electron chi connectivity index (χ4n) is 1.57. The molecule has 1 rings (SSSR count).